The van der Waals surface area contributed by atoms with E-state index in [1.165, 1.54) is 12.1 Å². The fourth-order valence-corrected chi connectivity index (χ4v) is 4.66. The van der Waals surface area contributed by atoms with Crippen molar-refractivity contribution in [3.05, 3.63) is 130 Å². The van der Waals surface area contributed by atoms with Crippen LogP contribution in [0.3, 0.4) is 0 Å². The average molecular weight is 624 g/mol. The van der Waals surface area contributed by atoms with E-state index in [2.05, 4.69) is 5.32 Å². The van der Waals surface area contributed by atoms with Gasteiger partial charge in [-0.2, -0.15) is 13.2 Å². The fraction of sp³-hybridized carbons (Fsp3) is 0.257. The van der Waals surface area contributed by atoms with E-state index in [1.807, 2.05) is 44.2 Å². The molecule has 0 spiro atoms. The predicted molar refractivity (Wildman–Crippen MR) is 164 cm³/mol. The molecule has 4 aromatic rings. The minimum absolute atomic E-state index is 0.168. The van der Waals surface area contributed by atoms with Crippen molar-refractivity contribution in [3.63, 3.8) is 0 Å². The van der Waals surface area contributed by atoms with Gasteiger partial charge in [0.2, 0.25) is 0 Å². The summed E-state index contributed by atoms with van der Waals surface area (Å²) in [5.41, 5.74) is -1.09. The van der Waals surface area contributed by atoms with Crippen molar-refractivity contribution < 1.29 is 32.2 Å². The monoisotopic (exact) mass is 623 g/mol. The number of rotatable bonds is 11. The molecule has 0 radical (unpaired) electrons. The van der Waals surface area contributed by atoms with Gasteiger partial charge in [-0.1, -0.05) is 41.9 Å². The van der Waals surface area contributed by atoms with Crippen LogP contribution in [0.25, 0.3) is 0 Å². The van der Waals surface area contributed by atoms with Gasteiger partial charge in [0, 0.05) is 28.1 Å². The van der Waals surface area contributed by atoms with E-state index in [4.69, 9.17) is 21.1 Å². The lowest BCUT2D eigenvalue weighted by atomic mass is 9.91. The summed E-state index contributed by atoms with van der Waals surface area (Å²) in [5.74, 6) is 0.127. The Labute approximate surface area is 260 Å². The van der Waals surface area contributed by atoms with Gasteiger partial charge in [0.1, 0.15) is 17.6 Å². The highest BCUT2D eigenvalue weighted by Crippen LogP contribution is 2.34. The molecule has 230 valence electrons. The molecule has 1 N–H and O–H groups in total. The van der Waals surface area contributed by atoms with Crippen molar-refractivity contribution in [2.75, 3.05) is 0 Å². The third-order valence-electron chi connectivity index (χ3n) is 6.92. The molecule has 0 saturated heterocycles. The van der Waals surface area contributed by atoms with Crippen molar-refractivity contribution in [2.45, 2.75) is 57.5 Å². The maximum Gasteiger partial charge on any atom is 0.416 e. The number of alkyl halides is 3. The molecule has 0 aromatic heterocycles. The summed E-state index contributed by atoms with van der Waals surface area (Å²) in [7, 11) is 0. The molecule has 0 aliphatic rings. The van der Waals surface area contributed by atoms with Gasteiger partial charge in [-0.25, -0.2) is 0 Å². The quantitative estimate of drug-likeness (QED) is 0.170. The molecule has 0 saturated carbocycles. The van der Waals surface area contributed by atoms with E-state index < -0.39 is 29.0 Å². The zero-order chi connectivity index (χ0) is 32.1. The molecule has 0 aliphatic heterocycles. The Morgan fingerprint density at radius 3 is 1.82 bits per heavy atom. The number of hydrogen-bond donors (Lipinski definition) is 1. The summed E-state index contributed by atoms with van der Waals surface area (Å²) in [4.78, 5) is 26.2. The topological polar surface area (TPSA) is 64.6 Å². The van der Waals surface area contributed by atoms with Gasteiger partial charge in [0.05, 0.1) is 5.56 Å². The lowest BCUT2D eigenvalue weighted by Crippen LogP contribution is -2.54. The van der Waals surface area contributed by atoms with Crippen molar-refractivity contribution in [1.82, 2.24) is 5.32 Å². The van der Waals surface area contributed by atoms with Crippen molar-refractivity contribution in [3.8, 4) is 11.5 Å². The Morgan fingerprint density at radius 1 is 0.750 bits per heavy atom. The molecule has 5 nitrogen and oxygen atoms in total. The molecule has 4 rings (SSSR count). The molecule has 0 heterocycles. The summed E-state index contributed by atoms with van der Waals surface area (Å²) in [6, 6.07) is 26.9. The first-order chi connectivity index (χ1) is 20.6. The zero-order valence-corrected chi connectivity index (χ0v) is 25.5. The number of ketones is 1. The van der Waals surface area contributed by atoms with Crippen LogP contribution in [-0.2, 0) is 11.0 Å². The van der Waals surface area contributed by atoms with Gasteiger partial charge in [-0.05, 0) is 106 Å². The highest BCUT2D eigenvalue weighted by molar-refractivity contribution is 6.30. The molecule has 4 aromatic carbocycles. The average Bonchev–Trinajstić information content (AvgIpc) is 2.97. The summed E-state index contributed by atoms with van der Waals surface area (Å²) < 4.78 is 51.3. The molecule has 1 unspecified atom stereocenters. The van der Waals surface area contributed by atoms with Gasteiger partial charge in [-0.3, -0.25) is 9.59 Å². The van der Waals surface area contributed by atoms with Gasteiger partial charge < -0.3 is 14.8 Å². The lowest BCUT2D eigenvalue weighted by Gasteiger charge is -2.35. The Hall–Kier alpha value is -4.30. The van der Waals surface area contributed by atoms with E-state index in [0.717, 1.165) is 17.7 Å². The van der Waals surface area contributed by atoms with Crippen LogP contribution in [0.4, 0.5) is 13.2 Å². The second-order valence-corrected chi connectivity index (χ2v) is 12.0. The number of amides is 1. The van der Waals surface area contributed by atoms with Crippen LogP contribution in [0, 0.1) is 0 Å². The number of nitrogens with one attached hydrogen (secondary N) is 1. The van der Waals surface area contributed by atoms with Crippen LogP contribution in [0.5, 0.6) is 11.5 Å². The van der Waals surface area contributed by atoms with Crippen LogP contribution in [-0.4, -0.2) is 22.8 Å². The highest BCUT2D eigenvalue weighted by Gasteiger charge is 2.36. The Bertz CT molecular complexity index is 1570. The second kappa shape index (κ2) is 13.1. The van der Waals surface area contributed by atoms with Crippen LogP contribution in [0.1, 0.15) is 67.3 Å². The highest BCUT2D eigenvalue weighted by atomic mass is 35.5. The zero-order valence-electron chi connectivity index (χ0n) is 24.7. The van der Waals surface area contributed by atoms with E-state index in [1.54, 1.807) is 62.4 Å². The van der Waals surface area contributed by atoms with Crippen LogP contribution >= 0.6 is 11.6 Å². The molecule has 1 amide bonds. The first-order valence-corrected chi connectivity index (χ1v) is 14.3. The predicted octanol–water partition coefficient (Wildman–Crippen LogP) is 8.85. The van der Waals surface area contributed by atoms with Crippen LogP contribution in [0.15, 0.2) is 103 Å². The normalized spacial score (nSPS) is 12.7. The first kappa shape index (κ1) is 32.6. The Kier molecular flexibility index (Phi) is 9.74. The maximum absolute atomic E-state index is 13.4. The minimum atomic E-state index is -4.45. The maximum atomic E-state index is 13.4. The van der Waals surface area contributed by atoms with Crippen molar-refractivity contribution in [2.24, 2.45) is 0 Å². The molecular formula is C35H33ClF3NO4. The molecule has 0 bridgehead atoms. The first-order valence-electron chi connectivity index (χ1n) is 13.9. The van der Waals surface area contributed by atoms with E-state index in [9.17, 15) is 22.8 Å². The second-order valence-electron chi connectivity index (χ2n) is 11.6. The van der Waals surface area contributed by atoms with E-state index in [0.29, 0.717) is 28.3 Å². The van der Waals surface area contributed by atoms with Gasteiger partial charge >= 0.3 is 6.18 Å². The SMILES string of the molecule is CC(C)(CC(Oc1ccc(C(F)(F)F)cc1)c1ccccc1)NC(=O)C(C)(C)Oc1ccc(C(=O)c2ccc(Cl)cc2)cc1. The molecule has 44 heavy (non-hydrogen) atoms. The third kappa shape index (κ3) is 8.63. The number of carbonyl (C=O) groups is 2. The van der Waals surface area contributed by atoms with E-state index >= 15 is 0 Å². The Morgan fingerprint density at radius 2 is 1.27 bits per heavy atom. The molecule has 0 fully saturated rings. The lowest BCUT2D eigenvalue weighted by molar-refractivity contribution is -0.137. The van der Waals surface area contributed by atoms with Crippen molar-refractivity contribution >= 4 is 23.3 Å². The van der Waals surface area contributed by atoms with E-state index in [-0.39, 0.29) is 17.4 Å². The summed E-state index contributed by atoms with van der Waals surface area (Å²) in [5, 5.41) is 3.57. The number of carbonyl (C=O) groups excluding carboxylic acids is 2. The minimum Gasteiger partial charge on any atom is -0.486 e. The number of hydrogen-bond acceptors (Lipinski definition) is 4. The molecule has 1 atom stereocenters. The van der Waals surface area contributed by atoms with Gasteiger partial charge in [-0.15, -0.1) is 0 Å². The number of halogens is 4. The van der Waals surface area contributed by atoms with Crippen molar-refractivity contribution in [1.29, 1.82) is 0 Å². The Balaban J connectivity index is 1.43. The van der Waals surface area contributed by atoms with Gasteiger partial charge in [0.25, 0.3) is 5.91 Å². The molecular weight excluding hydrogens is 591 g/mol. The van der Waals surface area contributed by atoms with Gasteiger partial charge in [0.15, 0.2) is 11.4 Å². The number of benzene rings is 4. The largest absolute Gasteiger partial charge is 0.486 e. The summed E-state index contributed by atoms with van der Waals surface area (Å²) in [6.07, 6.45) is -4.71. The molecule has 9 heteroatoms. The summed E-state index contributed by atoms with van der Waals surface area (Å²) >= 11 is 5.91. The van der Waals surface area contributed by atoms with Crippen LogP contribution < -0.4 is 14.8 Å². The third-order valence-corrected chi connectivity index (χ3v) is 7.17. The van der Waals surface area contributed by atoms with Crippen LogP contribution in [0.2, 0.25) is 5.02 Å². The summed E-state index contributed by atoms with van der Waals surface area (Å²) in [6.45, 7) is 6.95. The molecule has 0 aliphatic carbocycles. The smallest absolute Gasteiger partial charge is 0.416 e. The standard InChI is InChI=1S/C35H33ClF3NO4/c1-33(2,22-30(23-8-6-5-7-9-23)43-28-20-14-26(15-21-28)35(37,38)39)40-32(42)34(3,4)44-29-18-12-25(13-19-29)31(41)24-10-16-27(36)17-11-24/h5-21,30H,22H2,1-4H3,(H,40,42). The fourth-order valence-electron chi connectivity index (χ4n) is 4.54. The number of ether oxygens (including phenoxy) is 2.